The van der Waals surface area contributed by atoms with Crippen LogP contribution in [0.1, 0.15) is 18.5 Å². The van der Waals surface area contributed by atoms with Gasteiger partial charge in [-0.2, -0.15) is 0 Å². The van der Waals surface area contributed by atoms with Gasteiger partial charge in [0.1, 0.15) is 5.75 Å². The van der Waals surface area contributed by atoms with Crippen LogP contribution in [0.15, 0.2) is 30.3 Å². The van der Waals surface area contributed by atoms with Crippen LogP contribution in [0.2, 0.25) is 0 Å². The molecule has 2 rings (SSSR count). The van der Waals surface area contributed by atoms with Gasteiger partial charge in [0.05, 0.1) is 28.4 Å². The highest BCUT2D eigenvalue weighted by Crippen LogP contribution is 2.46. The van der Waals surface area contributed by atoms with Crippen LogP contribution in [-0.4, -0.2) is 28.4 Å². The highest BCUT2D eigenvalue weighted by Gasteiger charge is 2.20. The fourth-order valence-electron chi connectivity index (χ4n) is 2.60. The van der Waals surface area contributed by atoms with Crippen molar-refractivity contribution in [3.05, 3.63) is 35.9 Å². The van der Waals surface area contributed by atoms with Crippen molar-refractivity contribution in [3.63, 3.8) is 0 Å². The van der Waals surface area contributed by atoms with E-state index >= 15 is 0 Å². The summed E-state index contributed by atoms with van der Waals surface area (Å²) < 4.78 is 21.7. The summed E-state index contributed by atoms with van der Waals surface area (Å²) in [5.41, 5.74) is 8.97. The number of methoxy groups -OCH3 is 4. The van der Waals surface area contributed by atoms with Crippen molar-refractivity contribution in [3.8, 4) is 34.1 Å². The molecule has 0 aromatic heterocycles. The predicted molar refractivity (Wildman–Crippen MR) is 90.7 cm³/mol. The molecule has 0 aliphatic carbocycles. The standard InChI is InChI=1S/C18H23NO4/c1-11(19)15-10-12(20-2)6-7-13(15)14-8-9-16(21-3)18(23-5)17(14)22-4/h6-11H,19H2,1-5H3. The Labute approximate surface area is 136 Å². The maximum Gasteiger partial charge on any atom is 0.203 e. The topological polar surface area (TPSA) is 62.9 Å². The Balaban J connectivity index is 2.71. The predicted octanol–water partition coefficient (Wildman–Crippen LogP) is 3.41. The molecule has 0 radical (unpaired) electrons. The first-order valence-corrected chi connectivity index (χ1v) is 7.30. The van der Waals surface area contributed by atoms with Gasteiger partial charge in [-0.25, -0.2) is 0 Å². The molecule has 23 heavy (non-hydrogen) atoms. The van der Waals surface area contributed by atoms with E-state index in [2.05, 4.69) is 0 Å². The largest absolute Gasteiger partial charge is 0.497 e. The molecule has 5 heteroatoms. The number of nitrogens with two attached hydrogens (primary N) is 1. The molecule has 124 valence electrons. The fraction of sp³-hybridized carbons (Fsp3) is 0.333. The van der Waals surface area contributed by atoms with Crippen LogP contribution in [0.5, 0.6) is 23.0 Å². The first-order chi connectivity index (χ1) is 11.1. The Kier molecular flexibility index (Phi) is 5.34. The van der Waals surface area contributed by atoms with E-state index in [1.807, 2.05) is 37.3 Å². The first kappa shape index (κ1) is 17.0. The van der Waals surface area contributed by atoms with Gasteiger partial charge in [0.25, 0.3) is 0 Å². The zero-order valence-corrected chi connectivity index (χ0v) is 14.2. The normalized spacial score (nSPS) is 11.7. The van der Waals surface area contributed by atoms with Crippen molar-refractivity contribution in [2.24, 2.45) is 5.73 Å². The molecule has 1 atom stereocenters. The van der Waals surface area contributed by atoms with Crippen LogP contribution >= 0.6 is 0 Å². The summed E-state index contributed by atoms with van der Waals surface area (Å²) in [6.45, 7) is 1.94. The highest BCUT2D eigenvalue weighted by molar-refractivity contribution is 5.79. The summed E-state index contributed by atoms with van der Waals surface area (Å²) in [6.07, 6.45) is 0. The van der Waals surface area contributed by atoms with E-state index in [-0.39, 0.29) is 6.04 Å². The van der Waals surface area contributed by atoms with Gasteiger partial charge in [-0.05, 0) is 42.3 Å². The smallest absolute Gasteiger partial charge is 0.203 e. The van der Waals surface area contributed by atoms with Gasteiger partial charge in [0, 0.05) is 11.6 Å². The second-order valence-corrected chi connectivity index (χ2v) is 5.12. The summed E-state index contributed by atoms with van der Waals surface area (Å²) in [4.78, 5) is 0. The van der Waals surface area contributed by atoms with Gasteiger partial charge in [-0.3, -0.25) is 0 Å². The van der Waals surface area contributed by atoms with E-state index in [9.17, 15) is 0 Å². The van der Waals surface area contributed by atoms with E-state index in [4.69, 9.17) is 24.7 Å². The third-order valence-electron chi connectivity index (χ3n) is 3.74. The quantitative estimate of drug-likeness (QED) is 0.884. The van der Waals surface area contributed by atoms with Crippen molar-refractivity contribution >= 4 is 0 Å². The molecule has 0 bridgehead atoms. The third kappa shape index (κ3) is 3.19. The molecule has 0 saturated carbocycles. The van der Waals surface area contributed by atoms with Crippen LogP contribution in [0.3, 0.4) is 0 Å². The van der Waals surface area contributed by atoms with Gasteiger partial charge in [-0.1, -0.05) is 6.07 Å². The SMILES string of the molecule is COc1ccc(-c2ccc(OC)c(OC)c2OC)c(C(C)N)c1. The Morgan fingerprint density at radius 3 is 1.96 bits per heavy atom. The van der Waals surface area contributed by atoms with Crippen LogP contribution in [0.25, 0.3) is 11.1 Å². The highest BCUT2D eigenvalue weighted by atomic mass is 16.5. The summed E-state index contributed by atoms with van der Waals surface area (Å²) in [5.74, 6) is 2.54. The lowest BCUT2D eigenvalue weighted by Gasteiger charge is -2.19. The minimum atomic E-state index is -0.155. The van der Waals surface area contributed by atoms with Crippen LogP contribution < -0.4 is 24.7 Å². The molecule has 0 amide bonds. The molecular formula is C18H23NO4. The number of hydrogen-bond acceptors (Lipinski definition) is 5. The molecule has 5 nitrogen and oxygen atoms in total. The third-order valence-corrected chi connectivity index (χ3v) is 3.74. The van der Waals surface area contributed by atoms with E-state index in [0.29, 0.717) is 17.2 Å². The second-order valence-electron chi connectivity index (χ2n) is 5.12. The Bertz CT molecular complexity index is 683. The molecule has 2 aromatic carbocycles. The Morgan fingerprint density at radius 1 is 0.783 bits per heavy atom. The lowest BCUT2D eigenvalue weighted by Crippen LogP contribution is -2.07. The van der Waals surface area contributed by atoms with Gasteiger partial charge in [0.2, 0.25) is 5.75 Å². The van der Waals surface area contributed by atoms with Crippen molar-refractivity contribution in [2.45, 2.75) is 13.0 Å². The van der Waals surface area contributed by atoms with Crippen LogP contribution in [-0.2, 0) is 0 Å². The van der Waals surface area contributed by atoms with Gasteiger partial charge >= 0.3 is 0 Å². The zero-order chi connectivity index (χ0) is 17.0. The molecular weight excluding hydrogens is 294 g/mol. The van der Waals surface area contributed by atoms with E-state index < -0.39 is 0 Å². The van der Waals surface area contributed by atoms with Crippen molar-refractivity contribution in [1.29, 1.82) is 0 Å². The summed E-state index contributed by atoms with van der Waals surface area (Å²) in [6, 6.07) is 9.45. The average molecular weight is 317 g/mol. The maximum atomic E-state index is 6.14. The Morgan fingerprint density at radius 2 is 1.43 bits per heavy atom. The lowest BCUT2D eigenvalue weighted by atomic mass is 9.94. The maximum absolute atomic E-state index is 6.14. The molecule has 0 aliphatic heterocycles. The summed E-state index contributed by atoms with van der Waals surface area (Å²) in [7, 11) is 6.43. The van der Waals surface area contributed by atoms with Crippen LogP contribution in [0.4, 0.5) is 0 Å². The number of ether oxygens (including phenoxy) is 4. The first-order valence-electron chi connectivity index (χ1n) is 7.30. The number of benzene rings is 2. The van der Waals surface area contributed by atoms with Crippen molar-refractivity contribution < 1.29 is 18.9 Å². The van der Waals surface area contributed by atoms with E-state index in [0.717, 1.165) is 22.4 Å². The van der Waals surface area contributed by atoms with Gasteiger partial charge in [0.15, 0.2) is 11.5 Å². The second kappa shape index (κ2) is 7.24. The molecule has 0 spiro atoms. The number of rotatable bonds is 6. The molecule has 2 aromatic rings. The van der Waals surface area contributed by atoms with Crippen molar-refractivity contribution in [2.75, 3.05) is 28.4 Å². The molecule has 0 aliphatic rings. The monoisotopic (exact) mass is 317 g/mol. The average Bonchev–Trinajstić information content (AvgIpc) is 2.59. The molecule has 1 unspecified atom stereocenters. The molecule has 0 heterocycles. The molecule has 0 fully saturated rings. The zero-order valence-electron chi connectivity index (χ0n) is 14.2. The number of hydrogen-bond donors (Lipinski definition) is 1. The summed E-state index contributed by atoms with van der Waals surface area (Å²) in [5, 5.41) is 0. The minimum absolute atomic E-state index is 0.155. The van der Waals surface area contributed by atoms with Crippen molar-refractivity contribution in [1.82, 2.24) is 0 Å². The molecule has 0 saturated heterocycles. The lowest BCUT2D eigenvalue weighted by molar-refractivity contribution is 0.325. The minimum Gasteiger partial charge on any atom is -0.497 e. The fourth-order valence-corrected chi connectivity index (χ4v) is 2.60. The summed E-state index contributed by atoms with van der Waals surface area (Å²) >= 11 is 0. The van der Waals surface area contributed by atoms with Crippen LogP contribution in [0, 0.1) is 0 Å². The van der Waals surface area contributed by atoms with E-state index in [1.54, 1.807) is 28.4 Å². The Hall–Kier alpha value is -2.40. The van der Waals surface area contributed by atoms with E-state index in [1.165, 1.54) is 0 Å². The molecule has 2 N–H and O–H groups in total. The van der Waals surface area contributed by atoms with Gasteiger partial charge in [-0.15, -0.1) is 0 Å². The van der Waals surface area contributed by atoms with Gasteiger partial charge < -0.3 is 24.7 Å².